The van der Waals surface area contributed by atoms with Gasteiger partial charge in [0.2, 0.25) is 0 Å². The van der Waals surface area contributed by atoms with Gasteiger partial charge < -0.3 is 4.74 Å². The Morgan fingerprint density at radius 1 is 1.62 bits per heavy atom. The van der Waals surface area contributed by atoms with Gasteiger partial charge in [0.05, 0.1) is 13.0 Å². The van der Waals surface area contributed by atoms with Crippen LogP contribution in [0.2, 0.25) is 0 Å². The van der Waals surface area contributed by atoms with E-state index in [9.17, 15) is 4.79 Å². The molecule has 0 unspecified atom stereocenters. The number of hydrogen-bond acceptors (Lipinski definition) is 3. The van der Waals surface area contributed by atoms with Crippen molar-refractivity contribution in [3.8, 4) is 0 Å². The fraction of sp³-hybridized carbons (Fsp3) is 0.500. The summed E-state index contributed by atoms with van der Waals surface area (Å²) < 4.78 is 5.04. The van der Waals surface area contributed by atoms with Crippen LogP contribution in [-0.2, 0) is 16.0 Å². The van der Waals surface area contributed by atoms with Crippen molar-refractivity contribution in [3.63, 3.8) is 0 Å². The molecule has 3 heteroatoms. The summed E-state index contributed by atoms with van der Waals surface area (Å²) in [5.41, 5.74) is 0. The van der Waals surface area contributed by atoms with Gasteiger partial charge >= 0.3 is 5.97 Å². The van der Waals surface area contributed by atoms with Gasteiger partial charge in [-0.05, 0) is 17.4 Å². The molecule has 72 valence electrons. The maximum Gasteiger partial charge on any atom is 0.311 e. The zero-order valence-electron chi connectivity index (χ0n) is 7.95. The van der Waals surface area contributed by atoms with E-state index in [0.717, 1.165) is 4.88 Å². The van der Waals surface area contributed by atoms with Crippen LogP contribution < -0.4 is 0 Å². The highest BCUT2D eigenvalue weighted by Gasteiger charge is 2.05. The number of hydrogen-bond donors (Lipinski definition) is 0. The SMILES string of the molecule is CC(C)COC(=O)Cc1cccs1. The molecule has 1 heterocycles. The molecule has 1 aromatic rings. The van der Waals surface area contributed by atoms with Crippen LogP contribution in [0.25, 0.3) is 0 Å². The van der Waals surface area contributed by atoms with Gasteiger partial charge in [-0.1, -0.05) is 19.9 Å². The number of thiophene rings is 1. The van der Waals surface area contributed by atoms with Crippen molar-refractivity contribution < 1.29 is 9.53 Å². The first-order chi connectivity index (χ1) is 6.18. The third-order valence-corrected chi connectivity index (χ3v) is 2.35. The second-order valence-corrected chi connectivity index (χ2v) is 4.37. The van der Waals surface area contributed by atoms with Gasteiger partial charge in [-0.25, -0.2) is 0 Å². The normalized spacial score (nSPS) is 10.4. The van der Waals surface area contributed by atoms with E-state index in [0.29, 0.717) is 18.9 Å². The van der Waals surface area contributed by atoms with E-state index in [1.54, 1.807) is 11.3 Å². The molecule has 0 saturated carbocycles. The van der Waals surface area contributed by atoms with E-state index >= 15 is 0 Å². The molecule has 0 fully saturated rings. The molecular weight excluding hydrogens is 184 g/mol. The van der Waals surface area contributed by atoms with E-state index in [2.05, 4.69) is 0 Å². The predicted octanol–water partition coefficient (Wildman–Crippen LogP) is 2.49. The molecule has 2 nitrogen and oxygen atoms in total. The third-order valence-electron chi connectivity index (χ3n) is 1.48. The Kier molecular flexibility index (Phi) is 3.96. The van der Waals surface area contributed by atoms with Gasteiger partial charge in [0.15, 0.2) is 0 Å². The average Bonchev–Trinajstić information content (AvgIpc) is 2.53. The summed E-state index contributed by atoms with van der Waals surface area (Å²) in [6.45, 7) is 4.57. The minimum Gasteiger partial charge on any atom is -0.465 e. The predicted molar refractivity (Wildman–Crippen MR) is 53.8 cm³/mol. The Morgan fingerprint density at radius 3 is 2.92 bits per heavy atom. The number of carbonyl (C=O) groups excluding carboxylic acids is 1. The minimum atomic E-state index is -0.129. The standard InChI is InChI=1S/C10H14O2S/c1-8(2)7-12-10(11)6-9-4-3-5-13-9/h3-5,8H,6-7H2,1-2H3. The van der Waals surface area contributed by atoms with Crippen LogP contribution >= 0.6 is 11.3 Å². The molecule has 1 aromatic heterocycles. The first-order valence-electron chi connectivity index (χ1n) is 4.36. The lowest BCUT2D eigenvalue weighted by Gasteiger charge is -2.05. The quantitative estimate of drug-likeness (QED) is 0.695. The molecule has 0 saturated heterocycles. The summed E-state index contributed by atoms with van der Waals surface area (Å²) in [6.07, 6.45) is 0.407. The largest absolute Gasteiger partial charge is 0.465 e. The lowest BCUT2D eigenvalue weighted by molar-refractivity contribution is -0.143. The van der Waals surface area contributed by atoms with Crippen LogP contribution in [0, 0.1) is 5.92 Å². The fourth-order valence-electron chi connectivity index (χ4n) is 0.866. The molecule has 0 N–H and O–H groups in total. The highest BCUT2D eigenvalue weighted by Crippen LogP contribution is 2.09. The van der Waals surface area contributed by atoms with Crippen LogP contribution in [0.5, 0.6) is 0 Å². The molecule has 0 aliphatic carbocycles. The Balaban J connectivity index is 2.26. The second kappa shape index (κ2) is 5.02. The Hall–Kier alpha value is -0.830. The van der Waals surface area contributed by atoms with Crippen molar-refractivity contribution in [2.45, 2.75) is 20.3 Å². The summed E-state index contributed by atoms with van der Waals surface area (Å²) in [5.74, 6) is 0.281. The molecule has 0 radical (unpaired) electrons. The number of carbonyl (C=O) groups is 1. The Bertz CT molecular complexity index is 252. The molecule has 0 atom stereocenters. The van der Waals surface area contributed by atoms with E-state index in [4.69, 9.17) is 4.74 Å². The maximum atomic E-state index is 11.2. The van der Waals surface area contributed by atoms with E-state index in [1.165, 1.54) is 0 Å². The zero-order valence-corrected chi connectivity index (χ0v) is 8.76. The number of rotatable bonds is 4. The summed E-state index contributed by atoms with van der Waals surface area (Å²) in [5, 5.41) is 1.96. The summed E-state index contributed by atoms with van der Waals surface area (Å²) >= 11 is 1.58. The second-order valence-electron chi connectivity index (χ2n) is 3.33. The molecule has 1 rings (SSSR count). The van der Waals surface area contributed by atoms with Gasteiger partial charge in [-0.15, -0.1) is 11.3 Å². The Morgan fingerprint density at radius 2 is 2.38 bits per heavy atom. The van der Waals surface area contributed by atoms with Crippen LogP contribution in [-0.4, -0.2) is 12.6 Å². The molecule has 0 amide bonds. The van der Waals surface area contributed by atoms with Crippen molar-refractivity contribution in [1.82, 2.24) is 0 Å². The van der Waals surface area contributed by atoms with Crippen molar-refractivity contribution >= 4 is 17.3 Å². The highest BCUT2D eigenvalue weighted by atomic mass is 32.1. The van der Waals surface area contributed by atoms with Crippen LogP contribution in [0.3, 0.4) is 0 Å². The molecule has 0 spiro atoms. The minimum absolute atomic E-state index is 0.129. The van der Waals surface area contributed by atoms with Gasteiger partial charge in [0.25, 0.3) is 0 Å². The van der Waals surface area contributed by atoms with Crippen LogP contribution in [0.1, 0.15) is 18.7 Å². The van der Waals surface area contributed by atoms with E-state index in [1.807, 2.05) is 31.4 Å². The lowest BCUT2D eigenvalue weighted by atomic mass is 10.2. The van der Waals surface area contributed by atoms with Crippen LogP contribution in [0.4, 0.5) is 0 Å². The van der Waals surface area contributed by atoms with Gasteiger partial charge in [0, 0.05) is 4.88 Å². The van der Waals surface area contributed by atoms with Gasteiger partial charge in [0.1, 0.15) is 0 Å². The van der Waals surface area contributed by atoms with E-state index < -0.39 is 0 Å². The smallest absolute Gasteiger partial charge is 0.311 e. The molecule has 0 aromatic carbocycles. The van der Waals surface area contributed by atoms with Crippen molar-refractivity contribution in [1.29, 1.82) is 0 Å². The van der Waals surface area contributed by atoms with Gasteiger partial charge in [-0.3, -0.25) is 4.79 Å². The average molecular weight is 198 g/mol. The summed E-state index contributed by atoms with van der Waals surface area (Å²) in [7, 11) is 0. The molecule has 0 aliphatic rings. The first kappa shape index (κ1) is 10.3. The Labute approximate surface area is 82.5 Å². The van der Waals surface area contributed by atoms with Crippen molar-refractivity contribution in [3.05, 3.63) is 22.4 Å². The lowest BCUT2D eigenvalue weighted by Crippen LogP contribution is -2.11. The monoisotopic (exact) mass is 198 g/mol. The summed E-state index contributed by atoms with van der Waals surface area (Å²) in [4.78, 5) is 12.3. The molecular formula is C10H14O2S. The topological polar surface area (TPSA) is 26.3 Å². The number of esters is 1. The molecule has 0 bridgehead atoms. The molecule has 0 aliphatic heterocycles. The first-order valence-corrected chi connectivity index (χ1v) is 5.24. The van der Waals surface area contributed by atoms with Gasteiger partial charge in [-0.2, -0.15) is 0 Å². The zero-order chi connectivity index (χ0) is 9.68. The van der Waals surface area contributed by atoms with E-state index in [-0.39, 0.29) is 5.97 Å². The van der Waals surface area contributed by atoms with Crippen molar-refractivity contribution in [2.75, 3.05) is 6.61 Å². The fourth-order valence-corrected chi connectivity index (χ4v) is 1.56. The molecule has 13 heavy (non-hydrogen) atoms. The number of ether oxygens (including phenoxy) is 1. The third kappa shape index (κ3) is 4.08. The highest BCUT2D eigenvalue weighted by molar-refractivity contribution is 7.10. The summed E-state index contributed by atoms with van der Waals surface area (Å²) in [6, 6.07) is 3.89. The van der Waals surface area contributed by atoms with Crippen LogP contribution in [0.15, 0.2) is 17.5 Å². The maximum absolute atomic E-state index is 11.2. The van der Waals surface area contributed by atoms with Crippen molar-refractivity contribution in [2.24, 2.45) is 5.92 Å².